The highest BCUT2D eigenvalue weighted by molar-refractivity contribution is 5.78. The minimum atomic E-state index is 0.293. The van der Waals surface area contributed by atoms with Crippen LogP contribution in [0.1, 0.15) is 56.9 Å². The van der Waals surface area contributed by atoms with Gasteiger partial charge in [-0.1, -0.05) is 37.5 Å². The number of rotatable bonds is 6. The van der Waals surface area contributed by atoms with E-state index in [1.807, 2.05) is 0 Å². The van der Waals surface area contributed by atoms with Gasteiger partial charge >= 0.3 is 0 Å². The van der Waals surface area contributed by atoms with Crippen LogP contribution in [0.15, 0.2) is 24.3 Å². The van der Waals surface area contributed by atoms with Crippen LogP contribution in [0.3, 0.4) is 0 Å². The van der Waals surface area contributed by atoms with Crippen molar-refractivity contribution in [3.05, 3.63) is 29.8 Å². The Morgan fingerprint density at radius 3 is 2.78 bits per heavy atom. The fraction of sp³-hybridized carbons (Fsp3) is 0.696. The molecule has 1 unspecified atom stereocenters. The molecule has 148 valence electrons. The minimum Gasteiger partial charge on any atom is -0.366 e. The monoisotopic (exact) mass is 369 g/mol. The molecule has 0 bridgehead atoms. The first kappa shape index (κ1) is 18.8. The number of carbonyl (C=O) groups excluding carboxylic acids is 1. The van der Waals surface area contributed by atoms with Crippen molar-refractivity contribution >= 4 is 11.6 Å². The zero-order valence-electron chi connectivity index (χ0n) is 16.7. The van der Waals surface area contributed by atoms with Crippen LogP contribution in [0.4, 0.5) is 5.69 Å². The summed E-state index contributed by atoms with van der Waals surface area (Å²) >= 11 is 0. The van der Waals surface area contributed by atoms with Gasteiger partial charge in [0.05, 0.1) is 0 Å². The van der Waals surface area contributed by atoms with Crippen molar-refractivity contribution in [2.24, 2.45) is 5.92 Å². The average molecular weight is 370 g/mol. The second-order valence-electron chi connectivity index (χ2n) is 8.65. The molecule has 2 heterocycles. The van der Waals surface area contributed by atoms with Crippen molar-refractivity contribution in [1.29, 1.82) is 0 Å². The van der Waals surface area contributed by atoms with Crippen LogP contribution in [0, 0.1) is 5.92 Å². The Hall–Kier alpha value is -1.55. The smallest absolute Gasteiger partial charge is 0.223 e. The van der Waals surface area contributed by atoms with E-state index in [1.165, 1.54) is 69.4 Å². The molecule has 1 N–H and O–H groups in total. The Balaban J connectivity index is 1.14. The van der Waals surface area contributed by atoms with Gasteiger partial charge in [-0.2, -0.15) is 0 Å². The maximum atomic E-state index is 12.2. The number of hydrogen-bond acceptors (Lipinski definition) is 3. The molecule has 2 fully saturated rings. The third-order valence-corrected chi connectivity index (χ3v) is 6.79. The van der Waals surface area contributed by atoms with Crippen molar-refractivity contribution in [3.63, 3.8) is 0 Å². The van der Waals surface area contributed by atoms with E-state index in [1.54, 1.807) is 0 Å². The van der Waals surface area contributed by atoms with Gasteiger partial charge in [0.15, 0.2) is 0 Å². The molecule has 2 aliphatic heterocycles. The zero-order valence-corrected chi connectivity index (χ0v) is 16.7. The number of piperazine rings is 1. The Labute approximate surface area is 164 Å². The highest BCUT2D eigenvalue weighted by Crippen LogP contribution is 2.32. The normalized spacial score (nSPS) is 23.6. The molecule has 4 rings (SSSR count). The van der Waals surface area contributed by atoms with Gasteiger partial charge in [-0.3, -0.25) is 9.69 Å². The van der Waals surface area contributed by atoms with Crippen molar-refractivity contribution < 1.29 is 4.79 Å². The molecule has 4 heteroatoms. The quantitative estimate of drug-likeness (QED) is 0.778. The molecule has 1 aromatic carbocycles. The summed E-state index contributed by atoms with van der Waals surface area (Å²) < 4.78 is 0. The summed E-state index contributed by atoms with van der Waals surface area (Å²) in [4.78, 5) is 17.5. The summed E-state index contributed by atoms with van der Waals surface area (Å²) in [7, 11) is 0. The van der Waals surface area contributed by atoms with Gasteiger partial charge in [0, 0.05) is 43.8 Å². The number of hydrogen-bond donors (Lipinski definition) is 1. The average Bonchev–Trinajstić information content (AvgIpc) is 2.73. The SMILES string of the molecule is O=C(NCCCCN1CCN2c3ccccc3CCC2C1)C1CCCCC1. The first-order chi connectivity index (χ1) is 13.3. The van der Waals surface area contributed by atoms with Gasteiger partial charge in [0.25, 0.3) is 0 Å². The summed E-state index contributed by atoms with van der Waals surface area (Å²) in [6, 6.07) is 9.61. The summed E-state index contributed by atoms with van der Waals surface area (Å²) in [6.45, 7) is 5.54. The van der Waals surface area contributed by atoms with Crippen LogP contribution < -0.4 is 10.2 Å². The molecule has 1 amide bonds. The van der Waals surface area contributed by atoms with Gasteiger partial charge in [-0.05, 0) is 56.7 Å². The van der Waals surface area contributed by atoms with Crippen LogP contribution in [-0.4, -0.2) is 49.6 Å². The summed E-state index contributed by atoms with van der Waals surface area (Å²) in [5.41, 5.74) is 3.00. The number of aryl methyl sites for hydroxylation is 1. The second-order valence-corrected chi connectivity index (χ2v) is 8.65. The van der Waals surface area contributed by atoms with Crippen LogP contribution >= 0.6 is 0 Å². The fourth-order valence-electron chi connectivity index (χ4n) is 5.19. The number of carbonyl (C=O) groups is 1. The lowest BCUT2D eigenvalue weighted by molar-refractivity contribution is -0.125. The van der Waals surface area contributed by atoms with E-state index in [-0.39, 0.29) is 0 Å². The van der Waals surface area contributed by atoms with E-state index in [4.69, 9.17) is 0 Å². The van der Waals surface area contributed by atoms with Crippen LogP contribution in [-0.2, 0) is 11.2 Å². The van der Waals surface area contributed by atoms with E-state index in [0.29, 0.717) is 17.9 Å². The van der Waals surface area contributed by atoms with Gasteiger partial charge in [-0.25, -0.2) is 0 Å². The maximum Gasteiger partial charge on any atom is 0.223 e. The third-order valence-electron chi connectivity index (χ3n) is 6.79. The van der Waals surface area contributed by atoms with Gasteiger partial charge in [-0.15, -0.1) is 0 Å². The highest BCUT2D eigenvalue weighted by Gasteiger charge is 2.31. The summed E-state index contributed by atoms with van der Waals surface area (Å²) in [5, 5.41) is 3.18. The van der Waals surface area contributed by atoms with Crippen molar-refractivity contribution in [2.45, 2.75) is 63.8 Å². The number of benzene rings is 1. The number of nitrogens with zero attached hydrogens (tertiary/aromatic N) is 2. The number of anilines is 1. The van der Waals surface area contributed by atoms with E-state index >= 15 is 0 Å². The molecule has 1 atom stereocenters. The van der Waals surface area contributed by atoms with E-state index in [2.05, 4.69) is 39.4 Å². The molecule has 1 saturated heterocycles. The molecule has 27 heavy (non-hydrogen) atoms. The molecular weight excluding hydrogens is 334 g/mol. The topological polar surface area (TPSA) is 35.6 Å². The molecule has 1 aliphatic carbocycles. The lowest BCUT2D eigenvalue weighted by Gasteiger charge is -2.46. The second kappa shape index (κ2) is 9.09. The van der Waals surface area contributed by atoms with Crippen molar-refractivity contribution in [1.82, 2.24) is 10.2 Å². The Bertz CT molecular complexity index is 626. The summed E-state index contributed by atoms with van der Waals surface area (Å²) in [6.07, 6.45) is 10.8. The van der Waals surface area contributed by atoms with E-state index in [0.717, 1.165) is 32.4 Å². The largest absolute Gasteiger partial charge is 0.366 e. The molecule has 3 aliphatic rings. The number of nitrogens with one attached hydrogen (secondary N) is 1. The molecule has 1 saturated carbocycles. The molecule has 0 aromatic heterocycles. The minimum absolute atomic E-state index is 0.293. The highest BCUT2D eigenvalue weighted by atomic mass is 16.1. The number of fused-ring (bicyclic) bond motifs is 3. The zero-order chi connectivity index (χ0) is 18.5. The lowest BCUT2D eigenvalue weighted by Crippen LogP contribution is -2.55. The standard InChI is InChI=1S/C23H35N3O/c27-23(20-9-2-1-3-10-20)24-14-6-7-15-25-16-17-26-21(18-25)13-12-19-8-4-5-11-22(19)26/h4-5,8,11,20-21H,1-3,6-7,9-10,12-18H2,(H,24,27). The Kier molecular flexibility index (Phi) is 6.33. The van der Waals surface area contributed by atoms with Crippen molar-refractivity contribution in [2.75, 3.05) is 37.6 Å². The predicted molar refractivity (Wildman–Crippen MR) is 111 cm³/mol. The maximum absolute atomic E-state index is 12.2. The Morgan fingerprint density at radius 2 is 1.89 bits per heavy atom. The lowest BCUT2D eigenvalue weighted by atomic mass is 9.89. The van der Waals surface area contributed by atoms with Gasteiger partial charge < -0.3 is 10.2 Å². The van der Waals surface area contributed by atoms with Crippen LogP contribution in [0.5, 0.6) is 0 Å². The molecular formula is C23H35N3O. The van der Waals surface area contributed by atoms with Crippen LogP contribution in [0.2, 0.25) is 0 Å². The number of amides is 1. The first-order valence-corrected chi connectivity index (χ1v) is 11.2. The third kappa shape index (κ3) is 4.66. The van der Waals surface area contributed by atoms with Gasteiger partial charge in [0.2, 0.25) is 5.91 Å². The van der Waals surface area contributed by atoms with Crippen LogP contribution in [0.25, 0.3) is 0 Å². The van der Waals surface area contributed by atoms with E-state index in [9.17, 15) is 4.79 Å². The Morgan fingerprint density at radius 1 is 1.04 bits per heavy atom. The van der Waals surface area contributed by atoms with E-state index < -0.39 is 0 Å². The molecule has 4 nitrogen and oxygen atoms in total. The molecule has 1 aromatic rings. The fourth-order valence-corrected chi connectivity index (χ4v) is 5.19. The summed E-state index contributed by atoms with van der Waals surface area (Å²) in [5.74, 6) is 0.602. The first-order valence-electron chi connectivity index (χ1n) is 11.2. The number of para-hydroxylation sites is 1. The van der Waals surface area contributed by atoms with Gasteiger partial charge in [0.1, 0.15) is 0 Å². The molecule has 0 spiro atoms. The van der Waals surface area contributed by atoms with Crippen molar-refractivity contribution in [3.8, 4) is 0 Å². The number of unbranched alkanes of at least 4 members (excludes halogenated alkanes) is 1. The molecule has 0 radical (unpaired) electrons. The predicted octanol–water partition coefficient (Wildman–Crippen LogP) is 3.60.